The molecule has 0 aromatic heterocycles. The highest BCUT2D eigenvalue weighted by Gasteiger charge is 2.56. The van der Waals surface area contributed by atoms with Gasteiger partial charge in [0.25, 0.3) is 5.91 Å². The Kier molecular flexibility index (Phi) is 4.57. The highest BCUT2D eigenvalue weighted by atomic mass is 16.6. The van der Waals surface area contributed by atoms with Crippen LogP contribution in [0.4, 0.5) is 9.59 Å². The second-order valence-electron chi connectivity index (χ2n) is 6.86. The van der Waals surface area contributed by atoms with E-state index < -0.39 is 11.6 Å². The number of hydrogen-bond acceptors (Lipinski definition) is 5. The lowest BCUT2D eigenvalue weighted by molar-refractivity contribution is -0.139. The maximum atomic E-state index is 12.6. The fourth-order valence-electron chi connectivity index (χ4n) is 3.39. The van der Waals surface area contributed by atoms with E-state index in [0.717, 1.165) is 17.7 Å². The van der Waals surface area contributed by atoms with E-state index in [1.54, 1.807) is 23.6 Å². The van der Waals surface area contributed by atoms with Crippen LogP contribution in [-0.2, 0) is 14.3 Å². The molecule has 9 heteroatoms. The van der Waals surface area contributed by atoms with Crippen molar-refractivity contribution in [1.82, 2.24) is 20.0 Å². The molecular formula is C16H24N4O5. The minimum atomic E-state index is -0.875. The maximum Gasteiger partial charge on any atom is 0.409 e. The van der Waals surface area contributed by atoms with Crippen LogP contribution >= 0.6 is 0 Å². The van der Waals surface area contributed by atoms with Crippen LogP contribution in [0.5, 0.6) is 0 Å². The van der Waals surface area contributed by atoms with Gasteiger partial charge >= 0.3 is 12.1 Å². The predicted molar refractivity (Wildman–Crippen MR) is 86.5 cm³/mol. The summed E-state index contributed by atoms with van der Waals surface area (Å²) in [5, 5.41) is 2.73. The highest BCUT2D eigenvalue weighted by Crippen LogP contribution is 2.42. The van der Waals surface area contributed by atoms with Gasteiger partial charge in [0.2, 0.25) is 5.91 Å². The predicted octanol–water partition coefficient (Wildman–Crippen LogP) is 0.00760. The molecule has 3 fully saturated rings. The number of imide groups is 1. The van der Waals surface area contributed by atoms with E-state index in [9.17, 15) is 19.2 Å². The summed E-state index contributed by atoms with van der Waals surface area (Å²) < 4.78 is 4.94. The molecule has 0 aromatic carbocycles. The van der Waals surface area contributed by atoms with Gasteiger partial charge < -0.3 is 19.9 Å². The Morgan fingerprint density at radius 2 is 1.76 bits per heavy atom. The molecule has 0 aromatic rings. The minimum Gasteiger partial charge on any atom is -0.450 e. The number of carbonyl (C=O) groups excluding carboxylic acids is 4. The first-order valence-corrected chi connectivity index (χ1v) is 8.70. The lowest BCUT2D eigenvalue weighted by Gasteiger charge is -2.34. The van der Waals surface area contributed by atoms with E-state index in [1.165, 1.54) is 0 Å². The first kappa shape index (κ1) is 17.5. The number of ether oxygens (including phenoxy) is 1. The van der Waals surface area contributed by atoms with Crippen LogP contribution in [0.1, 0.15) is 26.7 Å². The van der Waals surface area contributed by atoms with Gasteiger partial charge in [-0.3, -0.25) is 14.5 Å². The molecule has 9 nitrogen and oxygen atoms in total. The van der Waals surface area contributed by atoms with Gasteiger partial charge in [-0.1, -0.05) is 0 Å². The monoisotopic (exact) mass is 352 g/mol. The molecule has 25 heavy (non-hydrogen) atoms. The van der Waals surface area contributed by atoms with Crippen molar-refractivity contribution in [2.45, 2.75) is 32.2 Å². The van der Waals surface area contributed by atoms with E-state index in [2.05, 4.69) is 5.32 Å². The molecule has 0 spiro atoms. The number of nitrogens with one attached hydrogen (secondary N) is 1. The summed E-state index contributed by atoms with van der Waals surface area (Å²) in [5.74, 6) is -0.442. The second kappa shape index (κ2) is 6.53. The second-order valence-corrected chi connectivity index (χ2v) is 6.86. The molecule has 2 aliphatic heterocycles. The summed E-state index contributed by atoms with van der Waals surface area (Å²) in [5.41, 5.74) is -0.875. The summed E-state index contributed by atoms with van der Waals surface area (Å²) >= 11 is 0. The normalized spacial score (nSPS) is 26.7. The summed E-state index contributed by atoms with van der Waals surface area (Å²) in [6.45, 7) is 5.01. The van der Waals surface area contributed by atoms with E-state index in [0.29, 0.717) is 32.8 Å². The van der Waals surface area contributed by atoms with Crippen molar-refractivity contribution in [3.63, 3.8) is 0 Å². The molecule has 0 radical (unpaired) electrons. The average molecular weight is 352 g/mol. The largest absolute Gasteiger partial charge is 0.450 e. The van der Waals surface area contributed by atoms with E-state index in [-0.39, 0.29) is 30.4 Å². The van der Waals surface area contributed by atoms with Crippen molar-refractivity contribution in [3.8, 4) is 0 Å². The van der Waals surface area contributed by atoms with Crippen LogP contribution in [-0.4, -0.2) is 83.5 Å². The van der Waals surface area contributed by atoms with Gasteiger partial charge in [-0.25, -0.2) is 9.59 Å². The van der Waals surface area contributed by atoms with Crippen LogP contribution < -0.4 is 5.32 Å². The van der Waals surface area contributed by atoms with Crippen molar-refractivity contribution in [1.29, 1.82) is 0 Å². The van der Waals surface area contributed by atoms with Crippen molar-refractivity contribution < 1.29 is 23.9 Å². The van der Waals surface area contributed by atoms with Gasteiger partial charge in [-0.15, -0.1) is 0 Å². The Morgan fingerprint density at radius 1 is 1.16 bits per heavy atom. The van der Waals surface area contributed by atoms with Gasteiger partial charge in [0.1, 0.15) is 12.1 Å². The number of piperazine rings is 1. The van der Waals surface area contributed by atoms with Crippen LogP contribution in [0.15, 0.2) is 0 Å². The highest BCUT2D eigenvalue weighted by molar-refractivity contribution is 6.09. The number of nitrogens with zero attached hydrogens (tertiary/aromatic N) is 3. The molecule has 2 saturated heterocycles. The van der Waals surface area contributed by atoms with Crippen LogP contribution in [0.2, 0.25) is 0 Å². The van der Waals surface area contributed by atoms with E-state index in [4.69, 9.17) is 4.74 Å². The quantitative estimate of drug-likeness (QED) is 0.719. The topological polar surface area (TPSA) is 99.3 Å². The molecule has 1 saturated carbocycles. The third kappa shape index (κ3) is 3.27. The molecule has 1 aliphatic carbocycles. The fourth-order valence-corrected chi connectivity index (χ4v) is 3.39. The maximum absolute atomic E-state index is 12.6. The number of carbonyl (C=O) groups is 4. The Morgan fingerprint density at radius 3 is 2.32 bits per heavy atom. The Labute approximate surface area is 146 Å². The Balaban J connectivity index is 1.54. The molecule has 1 unspecified atom stereocenters. The molecule has 1 N–H and O–H groups in total. The van der Waals surface area contributed by atoms with Gasteiger partial charge in [0.05, 0.1) is 6.61 Å². The molecule has 138 valence electrons. The molecule has 3 aliphatic rings. The molecule has 0 bridgehead atoms. The molecular weight excluding hydrogens is 328 g/mol. The number of urea groups is 1. The summed E-state index contributed by atoms with van der Waals surface area (Å²) in [6.07, 6.45) is 1.45. The van der Waals surface area contributed by atoms with Gasteiger partial charge in [0.15, 0.2) is 0 Å². The lowest BCUT2D eigenvalue weighted by atomic mass is 9.96. The number of amides is 5. The summed E-state index contributed by atoms with van der Waals surface area (Å²) in [4.78, 5) is 52.9. The third-order valence-corrected chi connectivity index (χ3v) is 5.15. The Hall–Kier alpha value is -2.32. The minimum absolute atomic E-state index is 0.164. The molecule has 3 rings (SSSR count). The molecule has 5 amide bonds. The van der Waals surface area contributed by atoms with Crippen molar-refractivity contribution in [2.75, 3.05) is 39.3 Å². The zero-order chi connectivity index (χ0) is 18.2. The molecule has 2 heterocycles. The van der Waals surface area contributed by atoms with Crippen molar-refractivity contribution in [3.05, 3.63) is 0 Å². The van der Waals surface area contributed by atoms with Gasteiger partial charge in [0, 0.05) is 26.2 Å². The van der Waals surface area contributed by atoms with Gasteiger partial charge in [-0.2, -0.15) is 0 Å². The van der Waals surface area contributed by atoms with Crippen molar-refractivity contribution in [2.24, 2.45) is 5.92 Å². The van der Waals surface area contributed by atoms with Crippen molar-refractivity contribution >= 4 is 23.9 Å². The van der Waals surface area contributed by atoms with Crippen LogP contribution in [0.25, 0.3) is 0 Å². The average Bonchev–Trinajstić information content (AvgIpc) is 3.41. The van der Waals surface area contributed by atoms with Crippen LogP contribution in [0, 0.1) is 5.92 Å². The molecule has 1 atom stereocenters. The van der Waals surface area contributed by atoms with E-state index >= 15 is 0 Å². The van der Waals surface area contributed by atoms with Gasteiger partial charge in [-0.05, 0) is 32.6 Å². The SMILES string of the molecule is CCOC(=O)N1CCN(C(=O)CN2C(=O)NC(C)(C3CC3)C2=O)CC1. The number of rotatable bonds is 4. The first-order valence-electron chi connectivity index (χ1n) is 8.70. The third-order valence-electron chi connectivity index (χ3n) is 5.15. The zero-order valence-corrected chi connectivity index (χ0v) is 14.6. The zero-order valence-electron chi connectivity index (χ0n) is 14.6. The first-order chi connectivity index (χ1) is 11.9. The fraction of sp³-hybridized carbons (Fsp3) is 0.750. The summed E-state index contributed by atoms with van der Waals surface area (Å²) in [6, 6.07) is -0.502. The smallest absolute Gasteiger partial charge is 0.409 e. The number of hydrogen-bond donors (Lipinski definition) is 1. The standard InChI is InChI=1S/C16H24N4O5/c1-3-25-15(24)19-8-6-18(7-9-19)12(21)10-20-13(22)16(2,11-4-5-11)17-14(20)23/h11H,3-10H2,1-2H3,(H,17,23). The van der Waals surface area contributed by atoms with Crippen LogP contribution in [0.3, 0.4) is 0 Å². The summed E-state index contributed by atoms with van der Waals surface area (Å²) in [7, 11) is 0. The lowest BCUT2D eigenvalue weighted by Crippen LogP contribution is -2.53. The van der Waals surface area contributed by atoms with E-state index in [1.807, 2.05) is 0 Å². The Bertz CT molecular complexity index is 597.